The Morgan fingerprint density at radius 3 is 2.94 bits per heavy atom. The van der Waals surface area contributed by atoms with Crippen LogP contribution in [0, 0.1) is 11.3 Å². The Bertz CT molecular complexity index is 474. The second-order valence-corrected chi connectivity index (χ2v) is 3.02. The summed E-state index contributed by atoms with van der Waals surface area (Å²) in [4.78, 5) is 10.4. The summed E-state index contributed by atoms with van der Waals surface area (Å²) in [6.45, 7) is -0.110. The number of carbonyl (C=O) groups is 1. The standard InChI is InChI=1S/C12H11NO4/c1-16-10-4-2-9(3-5-12(14)15)11(8-10)17-7-6-13/h2-5,8H,7H2,1H3,(H,14,15)/b5-3+. The number of hydrogen-bond acceptors (Lipinski definition) is 4. The molecule has 5 nitrogen and oxygen atoms in total. The highest BCUT2D eigenvalue weighted by Crippen LogP contribution is 2.25. The monoisotopic (exact) mass is 233 g/mol. The van der Waals surface area contributed by atoms with E-state index in [1.165, 1.54) is 13.2 Å². The van der Waals surface area contributed by atoms with E-state index in [-0.39, 0.29) is 6.61 Å². The maximum atomic E-state index is 10.4. The maximum Gasteiger partial charge on any atom is 0.328 e. The van der Waals surface area contributed by atoms with Crippen LogP contribution in [0.5, 0.6) is 11.5 Å². The Kier molecular flexibility index (Phi) is 4.58. The molecule has 88 valence electrons. The summed E-state index contributed by atoms with van der Waals surface area (Å²) >= 11 is 0. The molecule has 0 aliphatic rings. The van der Waals surface area contributed by atoms with E-state index in [9.17, 15) is 4.79 Å². The Morgan fingerprint density at radius 1 is 1.59 bits per heavy atom. The highest BCUT2D eigenvalue weighted by atomic mass is 16.5. The topological polar surface area (TPSA) is 79.6 Å². The van der Waals surface area contributed by atoms with Gasteiger partial charge in [-0.3, -0.25) is 0 Å². The second kappa shape index (κ2) is 6.18. The molecular weight excluding hydrogens is 222 g/mol. The zero-order valence-electron chi connectivity index (χ0n) is 9.21. The molecule has 0 aliphatic heterocycles. The fraction of sp³-hybridized carbons (Fsp3) is 0.167. The van der Waals surface area contributed by atoms with Gasteiger partial charge in [0.25, 0.3) is 0 Å². The third kappa shape index (κ3) is 3.87. The zero-order valence-corrected chi connectivity index (χ0v) is 9.21. The summed E-state index contributed by atoms with van der Waals surface area (Å²) in [5, 5.41) is 17.0. The zero-order chi connectivity index (χ0) is 12.7. The molecule has 0 aromatic heterocycles. The molecule has 0 unspecified atom stereocenters. The van der Waals surface area contributed by atoms with E-state index in [1.807, 2.05) is 6.07 Å². The van der Waals surface area contributed by atoms with E-state index in [2.05, 4.69) is 0 Å². The molecule has 1 aromatic carbocycles. The molecule has 5 heteroatoms. The van der Waals surface area contributed by atoms with Crippen molar-refractivity contribution in [3.63, 3.8) is 0 Å². The Hall–Kier alpha value is -2.48. The Balaban J connectivity index is 3.02. The molecule has 0 spiro atoms. The van der Waals surface area contributed by atoms with E-state index in [1.54, 1.807) is 18.2 Å². The molecule has 0 fully saturated rings. The van der Waals surface area contributed by atoms with Crippen molar-refractivity contribution in [3.8, 4) is 17.6 Å². The van der Waals surface area contributed by atoms with Crippen molar-refractivity contribution in [1.29, 1.82) is 5.26 Å². The van der Waals surface area contributed by atoms with Gasteiger partial charge in [-0.25, -0.2) is 4.79 Å². The number of hydrogen-bond donors (Lipinski definition) is 1. The van der Waals surface area contributed by atoms with Crippen LogP contribution in [-0.4, -0.2) is 24.8 Å². The molecule has 0 amide bonds. The number of aliphatic carboxylic acids is 1. The van der Waals surface area contributed by atoms with Crippen molar-refractivity contribution < 1.29 is 19.4 Å². The van der Waals surface area contributed by atoms with Crippen molar-refractivity contribution in [1.82, 2.24) is 0 Å². The number of carboxylic acids is 1. The fourth-order valence-corrected chi connectivity index (χ4v) is 1.18. The Morgan fingerprint density at radius 2 is 2.35 bits per heavy atom. The van der Waals surface area contributed by atoms with E-state index < -0.39 is 5.97 Å². The van der Waals surface area contributed by atoms with Crippen LogP contribution in [0.4, 0.5) is 0 Å². The van der Waals surface area contributed by atoms with Gasteiger partial charge in [-0.05, 0) is 18.2 Å². The van der Waals surface area contributed by atoms with E-state index in [0.29, 0.717) is 17.1 Å². The van der Waals surface area contributed by atoms with Crippen LogP contribution in [0.1, 0.15) is 5.56 Å². The summed E-state index contributed by atoms with van der Waals surface area (Å²) in [7, 11) is 1.51. The molecule has 1 N–H and O–H groups in total. The van der Waals surface area contributed by atoms with Gasteiger partial charge in [-0.15, -0.1) is 0 Å². The highest BCUT2D eigenvalue weighted by molar-refractivity contribution is 5.86. The third-order valence-electron chi connectivity index (χ3n) is 1.92. The summed E-state index contributed by atoms with van der Waals surface area (Å²) in [6.07, 6.45) is 2.40. The Labute approximate surface area is 98.5 Å². The molecule has 1 aromatic rings. The average Bonchev–Trinajstić information content (AvgIpc) is 2.34. The van der Waals surface area contributed by atoms with Gasteiger partial charge in [0, 0.05) is 17.7 Å². The molecule has 0 saturated carbocycles. The summed E-state index contributed by atoms with van der Waals surface area (Å²) < 4.78 is 10.2. The highest BCUT2D eigenvalue weighted by Gasteiger charge is 2.03. The van der Waals surface area contributed by atoms with Crippen LogP contribution in [0.3, 0.4) is 0 Å². The van der Waals surface area contributed by atoms with Crippen molar-refractivity contribution in [2.45, 2.75) is 0 Å². The lowest BCUT2D eigenvalue weighted by Gasteiger charge is -2.08. The van der Waals surface area contributed by atoms with Gasteiger partial charge < -0.3 is 14.6 Å². The SMILES string of the molecule is COc1ccc(/C=C/C(=O)O)c(OCC#N)c1. The van der Waals surface area contributed by atoms with E-state index in [0.717, 1.165) is 6.08 Å². The van der Waals surface area contributed by atoms with Crippen LogP contribution in [0.15, 0.2) is 24.3 Å². The largest absolute Gasteiger partial charge is 0.497 e. The van der Waals surface area contributed by atoms with Crippen LogP contribution in [0.2, 0.25) is 0 Å². The fourth-order valence-electron chi connectivity index (χ4n) is 1.18. The first-order valence-electron chi connectivity index (χ1n) is 4.76. The van der Waals surface area contributed by atoms with Gasteiger partial charge in [0.1, 0.15) is 17.6 Å². The number of carboxylic acid groups (broad SMARTS) is 1. The van der Waals surface area contributed by atoms with Gasteiger partial charge in [0.15, 0.2) is 6.61 Å². The maximum absolute atomic E-state index is 10.4. The summed E-state index contributed by atoms with van der Waals surface area (Å²) in [5.41, 5.74) is 0.573. The molecule has 0 radical (unpaired) electrons. The molecule has 0 aliphatic carbocycles. The van der Waals surface area contributed by atoms with Crippen molar-refractivity contribution in [2.75, 3.05) is 13.7 Å². The number of rotatable bonds is 5. The van der Waals surface area contributed by atoms with Crippen LogP contribution < -0.4 is 9.47 Å². The van der Waals surface area contributed by atoms with Crippen molar-refractivity contribution >= 4 is 12.0 Å². The summed E-state index contributed by atoms with van der Waals surface area (Å²) in [5.74, 6) is -0.0686. The quantitative estimate of drug-likeness (QED) is 0.783. The van der Waals surface area contributed by atoms with Crippen LogP contribution in [-0.2, 0) is 4.79 Å². The third-order valence-corrected chi connectivity index (χ3v) is 1.92. The van der Waals surface area contributed by atoms with Crippen molar-refractivity contribution in [3.05, 3.63) is 29.8 Å². The van der Waals surface area contributed by atoms with Gasteiger partial charge in [0.2, 0.25) is 0 Å². The molecule has 0 bridgehead atoms. The minimum absolute atomic E-state index is 0.110. The first kappa shape index (κ1) is 12.6. The number of nitriles is 1. The lowest BCUT2D eigenvalue weighted by molar-refractivity contribution is -0.131. The minimum atomic E-state index is -1.05. The number of methoxy groups -OCH3 is 1. The van der Waals surface area contributed by atoms with Gasteiger partial charge in [-0.2, -0.15) is 5.26 Å². The van der Waals surface area contributed by atoms with Gasteiger partial charge >= 0.3 is 5.97 Å². The van der Waals surface area contributed by atoms with E-state index >= 15 is 0 Å². The minimum Gasteiger partial charge on any atom is -0.497 e. The normalized spacial score (nSPS) is 9.88. The lowest BCUT2D eigenvalue weighted by Crippen LogP contribution is -1.97. The molecule has 0 heterocycles. The smallest absolute Gasteiger partial charge is 0.328 e. The lowest BCUT2D eigenvalue weighted by atomic mass is 10.1. The molecule has 1 rings (SSSR count). The van der Waals surface area contributed by atoms with E-state index in [4.69, 9.17) is 19.8 Å². The van der Waals surface area contributed by atoms with Crippen molar-refractivity contribution in [2.24, 2.45) is 0 Å². The summed E-state index contributed by atoms with van der Waals surface area (Å²) in [6, 6.07) is 6.78. The van der Waals surface area contributed by atoms with Gasteiger partial charge in [0.05, 0.1) is 7.11 Å². The number of ether oxygens (including phenoxy) is 2. The molecule has 0 atom stereocenters. The number of benzene rings is 1. The second-order valence-electron chi connectivity index (χ2n) is 3.02. The first-order chi connectivity index (χ1) is 8.17. The molecule has 0 saturated heterocycles. The first-order valence-corrected chi connectivity index (χ1v) is 4.76. The average molecular weight is 233 g/mol. The van der Waals surface area contributed by atoms with Crippen LogP contribution in [0.25, 0.3) is 6.08 Å². The van der Waals surface area contributed by atoms with Gasteiger partial charge in [-0.1, -0.05) is 0 Å². The van der Waals surface area contributed by atoms with Crippen LogP contribution >= 0.6 is 0 Å². The predicted molar refractivity (Wildman–Crippen MR) is 60.8 cm³/mol. The predicted octanol–water partition coefficient (Wildman–Crippen LogP) is 1.70. The molecular formula is C12H11NO4. The number of nitrogens with zero attached hydrogens (tertiary/aromatic N) is 1. The molecule has 17 heavy (non-hydrogen) atoms.